The van der Waals surface area contributed by atoms with Gasteiger partial charge in [-0.25, -0.2) is 0 Å². The van der Waals surface area contributed by atoms with Crippen LogP contribution < -0.4 is 10.1 Å². The summed E-state index contributed by atoms with van der Waals surface area (Å²) in [6.07, 6.45) is 4.04. The molecule has 3 rings (SSSR count). The van der Waals surface area contributed by atoms with Crippen molar-refractivity contribution in [1.29, 1.82) is 0 Å². The predicted molar refractivity (Wildman–Crippen MR) is 77.4 cm³/mol. The third kappa shape index (κ3) is 2.73. The summed E-state index contributed by atoms with van der Waals surface area (Å²) in [6.45, 7) is 0.736. The Balaban J connectivity index is 1.66. The van der Waals surface area contributed by atoms with Gasteiger partial charge < -0.3 is 15.2 Å². The highest BCUT2D eigenvalue weighted by molar-refractivity contribution is 5.94. The lowest BCUT2D eigenvalue weighted by molar-refractivity contribution is -0.157. The first-order valence-corrected chi connectivity index (χ1v) is 7.38. The lowest BCUT2D eigenvalue weighted by atomic mass is 9.66. The Morgan fingerprint density at radius 1 is 1.29 bits per heavy atom. The van der Waals surface area contributed by atoms with E-state index in [1.54, 1.807) is 6.07 Å². The number of rotatable bonds is 4. The van der Waals surface area contributed by atoms with Crippen LogP contribution in [0.3, 0.4) is 0 Å². The molecule has 21 heavy (non-hydrogen) atoms. The molecule has 0 saturated heterocycles. The van der Waals surface area contributed by atoms with Gasteiger partial charge in [0.15, 0.2) is 0 Å². The van der Waals surface area contributed by atoms with Crippen LogP contribution in [0.2, 0.25) is 0 Å². The molecule has 1 heterocycles. The van der Waals surface area contributed by atoms with Gasteiger partial charge in [0.1, 0.15) is 5.75 Å². The third-order valence-corrected chi connectivity index (χ3v) is 4.46. The maximum absolute atomic E-state index is 12.1. The van der Waals surface area contributed by atoms with Gasteiger partial charge >= 0.3 is 5.97 Å². The molecule has 2 N–H and O–H groups in total. The zero-order valence-corrected chi connectivity index (χ0v) is 11.9. The number of carboxylic acids is 1. The molecule has 5 nitrogen and oxygen atoms in total. The van der Waals surface area contributed by atoms with Crippen molar-refractivity contribution in [2.45, 2.75) is 38.5 Å². The first kappa shape index (κ1) is 13.9. The second-order valence-corrected chi connectivity index (χ2v) is 5.94. The lowest BCUT2D eigenvalue weighted by Gasteiger charge is -2.36. The highest BCUT2D eigenvalue weighted by Gasteiger charge is 2.45. The van der Waals surface area contributed by atoms with E-state index >= 15 is 0 Å². The van der Waals surface area contributed by atoms with E-state index in [2.05, 4.69) is 5.32 Å². The first-order valence-electron chi connectivity index (χ1n) is 7.38. The van der Waals surface area contributed by atoms with Gasteiger partial charge in [-0.2, -0.15) is 0 Å². The predicted octanol–water partition coefficient (Wildman–Crippen LogP) is 2.60. The Hall–Kier alpha value is -2.04. The van der Waals surface area contributed by atoms with Crippen molar-refractivity contribution in [3.8, 4) is 5.75 Å². The van der Waals surface area contributed by atoms with E-state index in [1.165, 1.54) is 0 Å². The van der Waals surface area contributed by atoms with Gasteiger partial charge in [0, 0.05) is 12.1 Å². The Bertz CT molecular complexity index is 578. The smallest absolute Gasteiger partial charge is 0.310 e. The van der Waals surface area contributed by atoms with Crippen LogP contribution in [0, 0.1) is 5.41 Å². The minimum Gasteiger partial charge on any atom is -0.493 e. The maximum atomic E-state index is 12.1. The van der Waals surface area contributed by atoms with Gasteiger partial charge in [-0.1, -0.05) is 6.42 Å². The highest BCUT2D eigenvalue weighted by atomic mass is 16.5. The molecule has 1 aromatic carbocycles. The molecule has 0 spiro atoms. The number of nitrogens with one attached hydrogen (secondary N) is 1. The fraction of sp³-hybridized carbons (Fsp3) is 0.500. The number of carboxylic acid groups (broad SMARTS) is 1. The average molecular weight is 289 g/mol. The van der Waals surface area contributed by atoms with Crippen molar-refractivity contribution in [2.24, 2.45) is 5.41 Å². The van der Waals surface area contributed by atoms with E-state index in [-0.39, 0.29) is 12.3 Å². The van der Waals surface area contributed by atoms with Crippen LogP contribution in [0.4, 0.5) is 5.69 Å². The Kier molecular flexibility index (Phi) is 3.57. The topological polar surface area (TPSA) is 75.6 Å². The molecule has 0 aromatic heterocycles. The van der Waals surface area contributed by atoms with E-state index in [0.717, 1.165) is 37.2 Å². The van der Waals surface area contributed by atoms with Crippen molar-refractivity contribution in [2.75, 3.05) is 11.9 Å². The lowest BCUT2D eigenvalue weighted by Crippen LogP contribution is -2.41. The summed E-state index contributed by atoms with van der Waals surface area (Å²) in [5.41, 5.74) is 0.959. The fourth-order valence-corrected chi connectivity index (χ4v) is 3.02. The summed E-state index contributed by atoms with van der Waals surface area (Å²) in [6, 6.07) is 5.58. The molecule has 1 saturated carbocycles. The maximum Gasteiger partial charge on any atom is 0.310 e. The van der Waals surface area contributed by atoms with Gasteiger partial charge in [0.2, 0.25) is 5.91 Å². The number of carbonyl (C=O) groups is 2. The van der Waals surface area contributed by atoms with Crippen molar-refractivity contribution in [3.05, 3.63) is 23.8 Å². The summed E-state index contributed by atoms with van der Waals surface area (Å²) in [7, 11) is 0. The van der Waals surface area contributed by atoms with Gasteiger partial charge in [-0.15, -0.1) is 0 Å². The van der Waals surface area contributed by atoms with Gasteiger partial charge in [-0.05, 0) is 49.4 Å². The van der Waals surface area contributed by atoms with Crippen LogP contribution >= 0.6 is 0 Å². The van der Waals surface area contributed by atoms with Crippen molar-refractivity contribution in [1.82, 2.24) is 0 Å². The third-order valence-electron chi connectivity index (χ3n) is 4.46. The SMILES string of the molecule is O=C(CC1(C(=O)O)CCC1)Nc1ccc2c(c1)CCCO2. The van der Waals surface area contributed by atoms with Crippen molar-refractivity contribution < 1.29 is 19.4 Å². The molecule has 1 aliphatic carbocycles. The van der Waals surface area contributed by atoms with Crippen LogP contribution in [0.15, 0.2) is 18.2 Å². The number of ether oxygens (including phenoxy) is 1. The first-order chi connectivity index (χ1) is 10.1. The number of hydrogen-bond donors (Lipinski definition) is 2. The van der Waals surface area contributed by atoms with Crippen LogP contribution in [-0.4, -0.2) is 23.6 Å². The number of anilines is 1. The second kappa shape index (κ2) is 5.39. The van der Waals surface area contributed by atoms with Gasteiger partial charge in [0.25, 0.3) is 0 Å². The van der Waals surface area contributed by atoms with Crippen LogP contribution in [-0.2, 0) is 16.0 Å². The molecule has 0 atom stereocenters. The average Bonchev–Trinajstić information content (AvgIpc) is 2.42. The highest BCUT2D eigenvalue weighted by Crippen LogP contribution is 2.44. The van der Waals surface area contributed by atoms with E-state index in [0.29, 0.717) is 18.5 Å². The normalized spacial score (nSPS) is 18.9. The number of carbonyl (C=O) groups excluding carboxylic acids is 1. The number of hydrogen-bond acceptors (Lipinski definition) is 3. The molecule has 1 aliphatic heterocycles. The van der Waals surface area contributed by atoms with Crippen molar-refractivity contribution >= 4 is 17.6 Å². The monoisotopic (exact) mass is 289 g/mol. The summed E-state index contributed by atoms with van der Waals surface area (Å²) < 4.78 is 5.53. The molecule has 5 heteroatoms. The van der Waals surface area contributed by atoms with Crippen LogP contribution in [0.5, 0.6) is 5.75 Å². The Morgan fingerprint density at radius 3 is 2.76 bits per heavy atom. The molecule has 0 unspecified atom stereocenters. The number of amides is 1. The second-order valence-electron chi connectivity index (χ2n) is 5.94. The number of fused-ring (bicyclic) bond motifs is 1. The summed E-state index contributed by atoms with van der Waals surface area (Å²) in [5, 5.41) is 12.1. The van der Waals surface area contributed by atoms with Crippen molar-refractivity contribution in [3.63, 3.8) is 0 Å². The largest absolute Gasteiger partial charge is 0.493 e. The van der Waals surface area contributed by atoms with Crippen LogP contribution in [0.25, 0.3) is 0 Å². The van der Waals surface area contributed by atoms with E-state index < -0.39 is 11.4 Å². The molecule has 2 aliphatic rings. The quantitative estimate of drug-likeness (QED) is 0.893. The van der Waals surface area contributed by atoms with Gasteiger partial charge in [-0.3, -0.25) is 9.59 Å². The van der Waals surface area contributed by atoms with E-state index in [1.807, 2.05) is 12.1 Å². The van der Waals surface area contributed by atoms with Crippen LogP contribution in [0.1, 0.15) is 37.7 Å². The summed E-state index contributed by atoms with van der Waals surface area (Å²) in [5.74, 6) is -0.211. The number of aliphatic carboxylic acids is 1. The molecule has 1 aromatic rings. The molecular formula is C16H19NO4. The minimum absolute atomic E-state index is 0.0515. The molecule has 0 bridgehead atoms. The fourth-order valence-electron chi connectivity index (χ4n) is 3.02. The molecule has 1 fully saturated rings. The molecular weight excluding hydrogens is 270 g/mol. The number of aryl methyl sites for hydroxylation is 1. The zero-order chi connectivity index (χ0) is 14.9. The van der Waals surface area contributed by atoms with Gasteiger partial charge in [0.05, 0.1) is 12.0 Å². The standard InChI is InChI=1S/C16H19NO4/c18-14(10-16(15(19)20)6-2-7-16)17-12-4-5-13-11(9-12)3-1-8-21-13/h4-5,9H,1-3,6-8,10H2,(H,17,18)(H,19,20). The molecule has 1 amide bonds. The minimum atomic E-state index is -0.859. The number of benzene rings is 1. The Labute approximate surface area is 123 Å². The summed E-state index contributed by atoms with van der Waals surface area (Å²) >= 11 is 0. The Morgan fingerprint density at radius 2 is 2.10 bits per heavy atom. The zero-order valence-electron chi connectivity index (χ0n) is 11.9. The summed E-state index contributed by atoms with van der Waals surface area (Å²) in [4.78, 5) is 23.4. The van der Waals surface area contributed by atoms with E-state index in [9.17, 15) is 14.7 Å². The molecule has 0 radical (unpaired) electrons. The molecule has 112 valence electrons. The van der Waals surface area contributed by atoms with E-state index in [4.69, 9.17) is 4.74 Å².